The monoisotopic (exact) mass is 136 g/mol. The van der Waals surface area contributed by atoms with Crippen molar-refractivity contribution in [2.75, 3.05) is 19.6 Å². The Morgan fingerprint density at radius 2 is 2.10 bits per heavy atom. The fraction of sp³-hybridized carbons (Fsp3) is 0.875. The zero-order chi connectivity index (χ0) is 6.97. The summed E-state index contributed by atoms with van der Waals surface area (Å²) in [5.74, 6) is 2.03. The summed E-state index contributed by atoms with van der Waals surface area (Å²) in [6.07, 6.45) is 2.17. The SMILES string of the molecule is N#CCCN1CC2CC2C1. The highest BCUT2D eigenvalue weighted by Crippen LogP contribution is 2.44. The van der Waals surface area contributed by atoms with Gasteiger partial charge < -0.3 is 4.90 Å². The van der Waals surface area contributed by atoms with Gasteiger partial charge in [0.15, 0.2) is 0 Å². The first-order chi connectivity index (χ1) is 4.90. The zero-order valence-electron chi connectivity index (χ0n) is 6.08. The molecule has 0 bridgehead atoms. The van der Waals surface area contributed by atoms with Crippen LogP contribution in [0.3, 0.4) is 0 Å². The molecule has 1 saturated carbocycles. The van der Waals surface area contributed by atoms with Crippen LogP contribution in [0.25, 0.3) is 0 Å². The Hall–Kier alpha value is -0.550. The highest BCUT2D eigenvalue weighted by Gasteiger charge is 2.44. The summed E-state index contributed by atoms with van der Waals surface area (Å²) in [5.41, 5.74) is 0. The topological polar surface area (TPSA) is 27.0 Å². The molecule has 2 aliphatic rings. The van der Waals surface area contributed by atoms with Crippen molar-refractivity contribution in [3.05, 3.63) is 0 Å². The number of nitriles is 1. The normalized spacial score (nSPS) is 37.1. The minimum atomic E-state index is 0.708. The van der Waals surface area contributed by atoms with Gasteiger partial charge in [0, 0.05) is 26.1 Å². The van der Waals surface area contributed by atoms with Gasteiger partial charge in [-0.3, -0.25) is 0 Å². The number of hydrogen-bond donors (Lipinski definition) is 0. The molecule has 54 valence electrons. The fourth-order valence-corrected chi connectivity index (χ4v) is 1.89. The van der Waals surface area contributed by atoms with Gasteiger partial charge >= 0.3 is 0 Å². The lowest BCUT2D eigenvalue weighted by atomic mass is 10.4. The molecular weight excluding hydrogens is 124 g/mol. The highest BCUT2D eigenvalue weighted by atomic mass is 15.2. The molecule has 2 atom stereocenters. The second-order valence-corrected chi connectivity index (χ2v) is 3.42. The molecule has 2 fully saturated rings. The number of piperidine rings is 1. The summed E-state index contributed by atoms with van der Waals surface area (Å²) in [4.78, 5) is 2.42. The van der Waals surface area contributed by atoms with E-state index in [0.717, 1.165) is 18.4 Å². The van der Waals surface area contributed by atoms with Crippen molar-refractivity contribution in [1.82, 2.24) is 4.90 Å². The van der Waals surface area contributed by atoms with Crippen molar-refractivity contribution < 1.29 is 0 Å². The van der Waals surface area contributed by atoms with Crippen molar-refractivity contribution in [3.8, 4) is 6.07 Å². The molecule has 1 heterocycles. The second-order valence-electron chi connectivity index (χ2n) is 3.42. The minimum absolute atomic E-state index is 0.708. The van der Waals surface area contributed by atoms with Gasteiger partial charge in [-0.15, -0.1) is 0 Å². The lowest BCUT2D eigenvalue weighted by molar-refractivity contribution is 0.312. The Balaban J connectivity index is 1.72. The number of nitrogens with zero attached hydrogens (tertiary/aromatic N) is 2. The first-order valence-corrected chi connectivity index (χ1v) is 3.99. The Morgan fingerprint density at radius 3 is 2.70 bits per heavy atom. The van der Waals surface area contributed by atoms with E-state index in [9.17, 15) is 0 Å². The van der Waals surface area contributed by atoms with Gasteiger partial charge in [0.1, 0.15) is 0 Å². The first-order valence-electron chi connectivity index (χ1n) is 3.99. The number of hydrogen-bond acceptors (Lipinski definition) is 2. The van der Waals surface area contributed by atoms with E-state index in [2.05, 4.69) is 11.0 Å². The lowest BCUT2D eigenvalue weighted by Gasteiger charge is -2.14. The van der Waals surface area contributed by atoms with E-state index in [1.807, 2.05) is 0 Å². The number of fused-ring (bicyclic) bond motifs is 1. The molecule has 0 aromatic rings. The molecule has 10 heavy (non-hydrogen) atoms. The number of likely N-dealkylation sites (tertiary alicyclic amines) is 1. The summed E-state index contributed by atoms with van der Waals surface area (Å²) in [6, 6.07) is 2.18. The van der Waals surface area contributed by atoms with Crippen LogP contribution < -0.4 is 0 Å². The summed E-state index contributed by atoms with van der Waals surface area (Å²) in [7, 11) is 0. The van der Waals surface area contributed by atoms with E-state index in [1.54, 1.807) is 0 Å². The summed E-state index contributed by atoms with van der Waals surface area (Å²) in [5, 5.41) is 8.33. The minimum Gasteiger partial charge on any atom is -0.302 e. The van der Waals surface area contributed by atoms with E-state index >= 15 is 0 Å². The first kappa shape index (κ1) is 6.18. The Labute approximate surface area is 61.4 Å². The molecule has 1 aliphatic carbocycles. The molecule has 2 unspecified atom stereocenters. The van der Waals surface area contributed by atoms with E-state index in [1.165, 1.54) is 19.5 Å². The smallest absolute Gasteiger partial charge is 0.0635 e. The lowest BCUT2D eigenvalue weighted by Crippen LogP contribution is -2.23. The van der Waals surface area contributed by atoms with E-state index in [-0.39, 0.29) is 0 Å². The molecular formula is C8H12N2. The standard InChI is InChI=1S/C8H12N2/c9-2-1-3-10-5-7-4-8(7)6-10/h7-8H,1,3-6H2. The predicted molar refractivity (Wildman–Crippen MR) is 38.3 cm³/mol. The molecule has 1 aliphatic heterocycles. The van der Waals surface area contributed by atoms with Crippen LogP contribution in [0, 0.1) is 23.2 Å². The van der Waals surface area contributed by atoms with Crippen LogP contribution in [0.2, 0.25) is 0 Å². The molecule has 0 spiro atoms. The third kappa shape index (κ3) is 1.02. The van der Waals surface area contributed by atoms with Crippen LogP contribution in [0.4, 0.5) is 0 Å². The molecule has 0 radical (unpaired) electrons. The Kier molecular flexibility index (Phi) is 1.39. The van der Waals surface area contributed by atoms with Crippen molar-refractivity contribution in [3.63, 3.8) is 0 Å². The van der Waals surface area contributed by atoms with Crippen molar-refractivity contribution in [2.45, 2.75) is 12.8 Å². The van der Waals surface area contributed by atoms with Gasteiger partial charge in [0.2, 0.25) is 0 Å². The molecule has 2 nitrogen and oxygen atoms in total. The summed E-state index contributed by atoms with van der Waals surface area (Å²) < 4.78 is 0. The van der Waals surface area contributed by atoms with Gasteiger partial charge in [0.05, 0.1) is 6.07 Å². The average Bonchev–Trinajstić information content (AvgIpc) is 2.56. The maximum Gasteiger partial charge on any atom is 0.0635 e. The quantitative estimate of drug-likeness (QED) is 0.562. The molecule has 1 saturated heterocycles. The second kappa shape index (κ2) is 2.25. The van der Waals surface area contributed by atoms with Crippen LogP contribution >= 0.6 is 0 Å². The van der Waals surface area contributed by atoms with E-state index in [4.69, 9.17) is 5.26 Å². The van der Waals surface area contributed by atoms with Gasteiger partial charge in [-0.1, -0.05) is 0 Å². The molecule has 0 amide bonds. The van der Waals surface area contributed by atoms with Crippen LogP contribution in [-0.2, 0) is 0 Å². The maximum absolute atomic E-state index is 8.33. The van der Waals surface area contributed by atoms with Crippen LogP contribution in [0.5, 0.6) is 0 Å². The van der Waals surface area contributed by atoms with Crippen molar-refractivity contribution in [2.24, 2.45) is 11.8 Å². The predicted octanol–water partition coefficient (Wildman–Crippen LogP) is 0.852. The molecule has 0 N–H and O–H groups in total. The van der Waals surface area contributed by atoms with Gasteiger partial charge in [-0.2, -0.15) is 5.26 Å². The summed E-state index contributed by atoms with van der Waals surface area (Å²) in [6.45, 7) is 3.54. The fourth-order valence-electron chi connectivity index (χ4n) is 1.89. The largest absolute Gasteiger partial charge is 0.302 e. The average molecular weight is 136 g/mol. The van der Waals surface area contributed by atoms with E-state index in [0.29, 0.717) is 6.42 Å². The molecule has 0 aromatic carbocycles. The zero-order valence-corrected chi connectivity index (χ0v) is 6.08. The highest BCUT2D eigenvalue weighted by molar-refractivity contribution is 4.97. The molecule has 2 heteroatoms. The van der Waals surface area contributed by atoms with Gasteiger partial charge in [0.25, 0.3) is 0 Å². The van der Waals surface area contributed by atoms with Gasteiger partial charge in [-0.25, -0.2) is 0 Å². The number of rotatable bonds is 2. The Bertz CT molecular complexity index is 161. The third-order valence-corrected chi connectivity index (χ3v) is 2.59. The van der Waals surface area contributed by atoms with Crippen molar-refractivity contribution in [1.29, 1.82) is 5.26 Å². The maximum atomic E-state index is 8.33. The Morgan fingerprint density at radius 1 is 1.40 bits per heavy atom. The van der Waals surface area contributed by atoms with Crippen LogP contribution in [0.1, 0.15) is 12.8 Å². The summed E-state index contributed by atoms with van der Waals surface area (Å²) >= 11 is 0. The third-order valence-electron chi connectivity index (χ3n) is 2.59. The van der Waals surface area contributed by atoms with Crippen molar-refractivity contribution >= 4 is 0 Å². The molecule has 0 aromatic heterocycles. The van der Waals surface area contributed by atoms with E-state index < -0.39 is 0 Å². The van der Waals surface area contributed by atoms with Crippen LogP contribution in [-0.4, -0.2) is 24.5 Å². The van der Waals surface area contributed by atoms with Gasteiger partial charge in [-0.05, 0) is 18.3 Å². The van der Waals surface area contributed by atoms with Crippen LogP contribution in [0.15, 0.2) is 0 Å². The molecule has 2 rings (SSSR count).